The zero-order valence-corrected chi connectivity index (χ0v) is 11.7. The Morgan fingerprint density at radius 1 is 1.48 bits per heavy atom. The molecule has 0 aliphatic heterocycles. The van der Waals surface area contributed by atoms with E-state index in [4.69, 9.17) is 4.74 Å². The lowest BCUT2D eigenvalue weighted by Crippen LogP contribution is -2.31. The maximum Gasteiger partial charge on any atom is 0.271 e. The van der Waals surface area contributed by atoms with Gasteiger partial charge < -0.3 is 15.0 Å². The van der Waals surface area contributed by atoms with Crippen molar-refractivity contribution in [3.8, 4) is 0 Å². The van der Waals surface area contributed by atoms with Gasteiger partial charge in [0.05, 0.1) is 13.2 Å². The Balaban J connectivity index is 1.93. The van der Waals surface area contributed by atoms with Gasteiger partial charge in [0.15, 0.2) is 0 Å². The van der Waals surface area contributed by atoms with E-state index in [1.54, 1.807) is 12.4 Å². The molecular weight excluding hydrogens is 274 g/mol. The van der Waals surface area contributed by atoms with Gasteiger partial charge >= 0.3 is 0 Å². The molecule has 0 unspecified atom stereocenters. The molecule has 2 heterocycles. The molecule has 8 heteroatoms. The minimum atomic E-state index is -0.326. The summed E-state index contributed by atoms with van der Waals surface area (Å²) in [6.45, 7) is 1.10. The number of methoxy groups -OCH3 is 1. The number of nitrogens with zero attached hydrogens (tertiary/aromatic N) is 3. The lowest BCUT2D eigenvalue weighted by atomic mass is 10.3. The van der Waals surface area contributed by atoms with Gasteiger partial charge in [-0.05, 0) is 6.07 Å². The Morgan fingerprint density at radius 3 is 3.05 bits per heavy atom. The number of aromatic amines is 1. The molecule has 0 fully saturated rings. The van der Waals surface area contributed by atoms with Crippen LogP contribution in [0, 0.1) is 0 Å². The molecule has 0 bridgehead atoms. The molecule has 0 atom stereocenters. The minimum absolute atomic E-state index is 0.199. The molecule has 21 heavy (non-hydrogen) atoms. The van der Waals surface area contributed by atoms with E-state index < -0.39 is 0 Å². The van der Waals surface area contributed by atoms with E-state index in [0.29, 0.717) is 26.1 Å². The third kappa shape index (κ3) is 4.25. The first-order chi connectivity index (χ1) is 10.2. The zero-order valence-electron chi connectivity index (χ0n) is 11.7. The third-order valence-electron chi connectivity index (χ3n) is 2.81. The van der Waals surface area contributed by atoms with Crippen molar-refractivity contribution in [2.45, 2.75) is 13.0 Å². The molecule has 2 N–H and O–H groups in total. The summed E-state index contributed by atoms with van der Waals surface area (Å²) in [6.07, 6.45) is 3.98. The van der Waals surface area contributed by atoms with E-state index in [0.717, 1.165) is 5.82 Å². The summed E-state index contributed by atoms with van der Waals surface area (Å²) < 4.78 is 6.11. The van der Waals surface area contributed by atoms with Gasteiger partial charge in [0, 0.05) is 38.5 Å². The van der Waals surface area contributed by atoms with Crippen LogP contribution in [0.15, 0.2) is 29.3 Å². The molecule has 2 aromatic heterocycles. The Morgan fingerprint density at radius 2 is 2.33 bits per heavy atom. The summed E-state index contributed by atoms with van der Waals surface area (Å²) in [5.74, 6) is 0.473. The first-order valence-corrected chi connectivity index (χ1v) is 6.54. The second kappa shape index (κ2) is 7.34. The lowest BCUT2D eigenvalue weighted by molar-refractivity contribution is 0.0945. The van der Waals surface area contributed by atoms with Crippen LogP contribution in [0.2, 0.25) is 0 Å². The number of rotatable bonds is 7. The maximum atomic E-state index is 12.0. The standard InChI is InChI=1S/C13H17N5O3/c1-21-9-8-18-12(19)3-2-10(17-18)13(20)16-5-4-11-14-6-7-15-11/h2-3,6-7H,4-5,8-9H2,1H3,(H,14,15)(H,16,20). The molecule has 0 aliphatic rings. The van der Waals surface area contributed by atoms with Crippen LogP contribution in [0.5, 0.6) is 0 Å². The van der Waals surface area contributed by atoms with E-state index in [2.05, 4.69) is 20.4 Å². The SMILES string of the molecule is COCCn1nc(C(=O)NCCc2ncc[nH]2)ccc1=O. The third-order valence-corrected chi connectivity index (χ3v) is 2.81. The van der Waals surface area contributed by atoms with Crippen molar-refractivity contribution < 1.29 is 9.53 Å². The van der Waals surface area contributed by atoms with Crippen molar-refractivity contribution >= 4 is 5.91 Å². The number of nitrogens with one attached hydrogen (secondary N) is 2. The van der Waals surface area contributed by atoms with Crippen molar-refractivity contribution in [3.63, 3.8) is 0 Å². The first kappa shape index (κ1) is 14.9. The fourth-order valence-corrected chi connectivity index (χ4v) is 1.73. The van der Waals surface area contributed by atoms with E-state index in [9.17, 15) is 9.59 Å². The second-order valence-corrected chi connectivity index (χ2v) is 4.31. The minimum Gasteiger partial charge on any atom is -0.383 e. The van der Waals surface area contributed by atoms with Crippen molar-refractivity contribution in [2.24, 2.45) is 0 Å². The number of aromatic nitrogens is 4. The van der Waals surface area contributed by atoms with Gasteiger partial charge in [0.25, 0.3) is 11.5 Å². The molecule has 0 saturated carbocycles. The van der Waals surface area contributed by atoms with E-state index in [1.165, 1.54) is 23.9 Å². The van der Waals surface area contributed by atoms with Crippen LogP contribution < -0.4 is 10.9 Å². The van der Waals surface area contributed by atoms with Crippen LogP contribution in [-0.4, -0.2) is 45.9 Å². The number of hydrogen-bond acceptors (Lipinski definition) is 5. The van der Waals surface area contributed by atoms with Crippen LogP contribution >= 0.6 is 0 Å². The molecule has 2 rings (SSSR count). The number of carbonyl (C=O) groups is 1. The molecular formula is C13H17N5O3. The summed E-state index contributed by atoms with van der Waals surface area (Å²) in [7, 11) is 1.54. The van der Waals surface area contributed by atoms with Crippen LogP contribution in [0.3, 0.4) is 0 Å². The predicted molar refractivity (Wildman–Crippen MR) is 75.0 cm³/mol. The lowest BCUT2D eigenvalue weighted by Gasteiger charge is -2.07. The van der Waals surface area contributed by atoms with E-state index in [-0.39, 0.29) is 17.2 Å². The normalized spacial score (nSPS) is 10.5. The molecule has 2 aromatic rings. The van der Waals surface area contributed by atoms with Gasteiger partial charge in [-0.25, -0.2) is 9.67 Å². The van der Waals surface area contributed by atoms with Crippen LogP contribution in [0.4, 0.5) is 0 Å². The number of imidazole rings is 1. The summed E-state index contributed by atoms with van der Waals surface area (Å²) in [6, 6.07) is 2.73. The number of H-pyrrole nitrogens is 1. The number of carbonyl (C=O) groups excluding carboxylic acids is 1. The van der Waals surface area contributed by atoms with Gasteiger partial charge in [0.2, 0.25) is 0 Å². The Bertz CT molecular complexity index is 636. The molecule has 0 spiro atoms. The Hall–Kier alpha value is -2.48. The summed E-state index contributed by atoms with van der Waals surface area (Å²) >= 11 is 0. The highest BCUT2D eigenvalue weighted by molar-refractivity contribution is 5.91. The molecule has 0 saturated heterocycles. The van der Waals surface area contributed by atoms with Crippen molar-refractivity contribution in [1.29, 1.82) is 0 Å². The van der Waals surface area contributed by atoms with Crippen LogP contribution in [0.1, 0.15) is 16.3 Å². The van der Waals surface area contributed by atoms with Gasteiger partial charge in [-0.3, -0.25) is 9.59 Å². The quantitative estimate of drug-likeness (QED) is 0.721. The largest absolute Gasteiger partial charge is 0.383 e. The van der Waals surface area contributed by atoms with Gasteiger partial charge in [0.1, 0.15) is 11.5 Å². The molecule has 0 aliphatic carbocycles. The van der Waals surface area contributed by atoms with Gasteiger partial charge in [-0.2, -0.15) is 5.10 Å². The average molecular weight is 291 g/mol. The topological polar surface area (TPSA) is 102 Å². The van der Waals surface area contributed by atoms with E-state index >= 15 is 0 Å². The average Bonchev–Trinajstić information content (AvgIpc) is 2.99. The Labute approximate surface area is 121 Å². The Kier molecular flexibility index (Phi) is 5.22. The van der Waals surface area contributed by atoms with Gasteiger partial charge in [-0.1, -0.05) is 0 Å². The summed E-state index contributed by atoms with van der Waals surface area (Å²) in [4.78, 5) is 30.5. The van der Waals surface area contributed by atoms with Crippen molar-refractivity contribution in [1.82, 2.24) is 25.1 Å². The highest BCUT2D eigenvalue weighted by atomic mass is 16.5. The number of hydrogen-bond donors (Lipinski definition) is 2. The monoisotopic (exact) mass is 291 g/mol. The smallest absolute Gasteiger partial charge is 0.271 e. The van der Waals surface area contributed by atoms with Crippen LogP contribution in [0.25, 0.3) is 0 Å². The van der Waals surface area contributed by atoms with Crippen molar-refractivity contribution in [3.05, 3.63) is 46.4 Å². The predicted octanol–water partition coefficient (Wildman–Crippen LogP) is -0.415. The zero-order chi connectivity index (χ0) is 15.1. The van der Waals surface area contributed by atoms with Crippen molar-refractivity contribution in [2.75, 3.05) is 20.3 Å². The number of amides is 1. The highest BCUT2D eigenvalue weighted by Crippen LogP contribution is 1.93. The maximum absolute atomic E-state index is 12.0. The first-order valence-electron chi connectivity index (χ1n) is 6.54. The fraction of sp³-hybridized carbons (Fsp3) is 0.385. The van der Waals surface area contributed by atoms with Crippen LogP contribution in [-0.2, 0) is 17.7 Å². The molecule has 0 aromatic carbocycles. The molecule has 112 valence electrons. The number of ether oxygens (including phenoxy) is 1. The molecule has 0 radical (unpaired) electrons. The second-order valence-electron chi connectivity index (χ2n) is 4.31. The molecule has 1 amide bonds. The van der Waals surface area contributed by atoms with E-state index in [1.807, 2.05) is 0 Å². The fourth-order valence-electron chi connectivity index (χ4n) is 1.73. The summed E-state index contributed by atoms with van der Waals surface area (Å²) in [5, 5.41) is 6.75. The highest BCUT2D eigenvalue weighted by Gasteiger charge is 2.09. The van der Waals surface area contributed by atoms with Gasteiger partial charge in [-0.15, -0.1) is 0 Å². The summed E-state index contributed by atoms with van der Waals surface area (Å²) in [5.41, 5.74) is -0.0654. The molecule has 8 nitrogen and oxygen atoms in total.